The van der Waals surface area contributed by atoms with Crippen molar-refractivity contribution in [2.45, 2.75) is 32.3 Å². The van der Waals surface area contributed by atoms with Gasteiger partial charge in [0.05, 0.1) is 0 Å². The van der Waals surface area contributed by atoms with Crippen LogP contribution in [0, 0.1) is 0 Å². The fraction of sp³-hybridized carbons (Fsp3) is 0.276. The highest BCUT2D eigenvalue weighted by Crippen LogP contribution is 2.55. The van der Waals surface area contributed by atoms with Gasteiger partial charge in [0.2, 0.25) is 0 Å². The molecule has 2 aliphatic rings. The molecule has 0 radical (unpaired) electrons. The molecule has 1 atom stereocenters. The van der Waals surface area contributed by atoms with Crippen LogP contribution in [0.5, 0.6) is 11.5 Å². The number of hydrogen-bond donors (Lipinski definition) is 0. The van der Waals surface area contributed by atoms with Crippen LogP contribution in [-0.4, -0.2) is 26.5 Å². The highest BCUT2D eigenvalue weighted by atomic mass is 16.5. The summed E-state index contributed by atoms with van der Waals surface area (Å²) in [6, 6.07) is 18.2. The van der Waals surface area contributed by atoms with E-state index in [-0.39, 0.29) is 0 Å². The number of nitrogens with zero attached hydrogens (tertiary/aromatic N) is 1. The number of aryl methyl sites for hydroxylation is 1. The number of anilines is 1. The van der Waals surface area contributed by atoms with Crippen molar-refractivity contribution >= 4 is 18.0 Å². The third-order valence-corrected chi connectivity index (χ3v) is 6.98. The fourth-order valence-electron chi connectivity index (χ4n) is 5.39. The van der Waals surface area contributed by atoms with Crippen LogP contribution in [0.15, 0.2) is 60.7 Å². The summed E-state index contributed by atoms with van der Waals surface area (Å²) in [5.74, 6) is 1.53. The highest BCUT2D eigenvalue weighted by Gasteiger charge is 2.47. The van der Waals surface area contributed by atoms with E-state index >= 15 is 0 Å². The molecule has 33 heavy (non-hydrogen) atoms. The number of benzene rings is 3. The first-order valence-corrected chi connectivity index (χ1v) is 11.7. The summed E-state index contributed by atoms with van der Waals surface area (Å²) in [5.41, 5.74) is 5.86. The first-order chi connectivity index (χ1) is 16.2. The quantitative estimate of drug-likeness (QED) is 0.420. The lowest BCUT2D eigenvalue weighted by molar-refractivity contribution is 0.0489. The Morgan fingerprint density at radius 3 is 2.61 bits per heavy atom. The monoisotopic (exact) mass is 439 g/mol. The summed E-state index contributed by atoms with van der Waals surface area (Å²) in [5, 5.41) is 0. The number of fused-ring (bicyclic) bond motifs is 4. The Hall–Kier alpha value is -3.37. The number of carbonyl (C=O) groups excluding carboxylic acids is 1. The molecule has 5 rings (SSSR count). The summed E-state index contributed by atoms with van der Waals surface area (Å²) in [6.45, 7) is 6.12. The van der Waals surface area contributed by atoms with Crippen molar-refractivity contribution in [3.05, 3.63) is 94.1 Å². The predicted octanol–water partition coefficient (Wildman–Crippen LogP) is 6.35. The SMILES string of the molecule is CCN(CC)c1ccc2c(c1)Oc1ccc3c(c1C2(OC)c1ccccc1C=O)C=CCC3. The van der Waals surface area contributed by atoms with Gasteiger partial charge in [-0.25, -0.2) is 0 Å². The zero-order valence-electron chi connectivity index (χ0n) is 19.4. The molecule has 0 amide bonds. The number of aldehydes is 1. The number of rotatable bonds is 6. The molecule has 0 spiro atoms. The van der Waals surface area contributed by atoms with Crippen LogP contribution in [0.4, 0.5) is 5.69 Å². The summed E-state index contributed by atoms with van der Waals surface area (Å²) in [6.07, 6.45) is 7.28. The van der Waals surface area contributed by atoms with Gasteiger partial charge in [-0.05, 0) is 56.0 Å². The van der Waals surface area contributed by atoms with Gasteiger partial charge < -0.3 is 14.4 Å². The molecule has 0 fully saturated rings. The molecule has 1 aliphatic carbocycles. The van der Waals surface area contributed by atoms with Crippen LogP contribution in [0.25, 0.3) is 6.08 Å². The lowest BCUT2D eigenvalue weighted by Crippen LogP contribution is -2.37. The molecule has 0 N–H and O–H groups in total. The van der Waals surface area contributed by atoms with Crippen molar-refractivity contribution in [3.8, 4) is 11.5 Å². The van der Waals surface area contributed by atoms with Crippen LogP contribution in [0.1, 0.15) is 58.4 Å². The molecule has 1 heterocycles. The van der Waals surface area contributed by atoms with Crippen LogP contribution in [-0.2, 0) is 16.8 Å². The minimum atomic E-state index is -0.963. The van der Waals surface area contributed by atoms with E-state index < -0.39 is 5.60 Å². The number of ether oxygens (including phenoxy) is 2. The smallest absolute Gasteiger partial charge is 0.151 e. The van der Waals surface area contributed by atoms with Crippen molar-refractivity contribution in [3.63, 3.8) is 0 Å². The van der Waals surface area contributed by atoms with Crippen LogP contribution >= 0.6 is 0 Å². The first-order valence-electron chi connectivity index (χ1n) is 11.7. The summed E-state index contributed by atoms with van der Waals surface area (Å²) in [4.78, 5) is 14.4. The van der Waals surface area contributed by atoms with Gasteiger partial charge in [0, 0.05) is 54.2 Å². The van der Waals surface area contributed by atoms with E-state index in [1.807, 2.05) is 24.3 Å². The van der Waals surface area contributed by atoms with Crippen molar-refractivity contribution < 1.29 is 14.3 Å². The maximum atomic E-state index is 12.2. The van der Waals surface area contributed by atoms with Gasteiger partial charge in [-0.1, -0.05) is 42.5 Å². The van der Waals surface area contributed by atoms with E-state index in [1.54, 1.807) is 7.11 Å². The minimum absolute atomic E-state index is 0.614. The van der Waals surface area contributed by atoms with Gasteiger partial charge in [-0.3, -0.25) is 4.79 Å². The van der Waals surface area contributed by atoms with E-state index in [9.17, 15) is 4.79 Å². The average Bonchev–Trinajstić information content (AvgIpc) is 2.87. The second-order valence-electron chi connectivity index (χ2n) is 8.50. The standard InChI is InChI=1S/C29H29NO3/c1-4-30(5-2)22-15-16-25-27(18-22)33-26-17-14-20-10-6-8-12-23(20)28(26)29(25,32-3)24-13-9-7-11-21(24)19-31/h7-9,11-19H,4-6,10H2,1-3H3. The Kier molecular flexibility index (Phi) is 5.55. The topological polar surface area (TPSA) is 38.8 Å². The molecule has 0 bridgehead atoms. The Labute approximate surface area is 195 Å². The predicted molar refractivity (Wildman–Crippen MR) is 133 cm³/mol. The van der Waals surface area contributed by atoms with Gasteiger partial charge in [0.25, 0.3) is 0 Å². The van der Waals surface area contributed by atoms with Crippen LogP contribution in [0.2, 0.25) is 0 Å². The summed E-state index contributed by atoms with van der Waals surface area (Å²) < 4.78 is 13.0. The van der Waals surface area contributed by atoms with Gasteiger partial charge in [-0.15, -0.1) is 0 Å². The molecule has 3 aromatic carbocycles. The van der Waals surface area contributed by atoms with E-state index in [4.69, 9.17) is 9.47 Å². The lowest BCUT2D eigenvalue weighted by atomic mass is 9.72. The summed E-state index contributed by atoms with van der Waals surface area (Å²) >= 11 is 0. The molecule has 0 saturated carbocycles. The van der Waals surface area contributed by atoms with Gasteiger partial charge in [0.15, 0.2) is 5.60 Å². The van der Waals surface area contributed by atoms with Crippen molar-refractivity contribution in [1.29, 1.82) is 0 Å². The highest BCUT2D eigenvalue weighted by molar-refractivity contribution is 5.82. The zero-order chi connectivity index (χ0) is 23.0. The second kappa shape index (κ2) is 8.53. The third-order valence-electron chi connectivity index (χ3n) is 6.98. The molecule has 4 nitrogen and oxygen atoms in total. The maximum Gasteiger partial charge on any atom is 0.151 e. The summed E-state index contributed by atoms with van der Waals surface area (Å²) in [7, 11) is 1.73. The van der Waals surface area contributed by atoms with Crippen molar-refractivity contribution in [1.82, 2.24) is 0 Å². The number of hydrogen-bond acceptors (Lipinski definition) is 4. The van der Waals surface area contributed by atoms with Crippen LogP contribution in [0.3, 0.4) is 0 Å². The zero-order valence-corrected chi connectivity index (χ0v) is 19.4. The van der Waals surface area contributed by atoms with Gasteiger partial charge in [0.1, 0.15) is 17.8 Å². The molecular weight excluding hydrogens is 410 g/mol. The van der Waals surface area contributed by atoms with E-state index in [0.717, 1.165) is 71.7 Å². The van der Waals surface area contributed by atoms with E-state index in [2.05, 4.69) is 61.2 Å². The fourth-order valence-corrected chi connectivity index (χ4v) is 5.39. The molecule has 0 saturated heterocycles. The second-order valence-corrected chi connectivity index (χ2v) is 8.50. The van der Waals surface area contributed by atoms with Crippen molar-refractivity contribution in [2.75, 3.05) is 25.1 Å². The molecule has 1 aliphatic heterocycles. The maximum absolute atomic E-state index is 12.2. The Morgan fingerprint density at radius 2 is 1.85 bits per heavy atom. The minimum Gasteiger partial charge on any atom is -0.456 e. The van der Waals surface area contributed by atoms with Crippen LogP contribution < -0.4 is 9.64 Å². The largest absolute Gasteiger partial charge is 0.456 e. The van der Waals surface area contributed by atoms with E-state index in [1.165, 1.54) is 5.56 Å². The number of methoxy groups -OCH3 is 1. The Bertz CT molecular complexity index is 1240. The van der Waals surface area contributed by atoms with E-state index in [0.29, 0.717) is 5.56 Å². The average molecular weight is 440 g/mol. The van der Waals surface area contributed by atoms with Gasteiger partial charge >= 0.3 is 0 Å². The molecule has 168 valence electrons. The normalized spacial score (nSPS) is 18.0. The van der Waals surface area contributed by atoms with Gasteiger partial charge in [-0.2, -0.15) is 0 Å². The Balaban J connectivity index is 1.86. The number of allylic oxidation sites excluding steroid dienone is 1. The third kappa shape index (κ3) is 3.20. The Morgan fingerprint density at radius 1 is 1.03 bits per heavy atom. The lowest BCUT2D eigenvalue weighted by Gasteiger charge is -2.42. The first kappa shape index (κ1) is 21.5. The molecule has 1 unspecified atom stereocenters. The molecular formula is C29H29NO3. The van der Waals surface area contributed by atoms with Crippen molar-refractivity contribution in [2.24, 2.45) is 0 Å². The number of carbonyl (C=O) groups is 1. The molecule has 0 aromatic heterocycles. The molecule has 3 aromatic rings. The molecule has 4 heteroatoms.